The molecule has 3 rings (SSSR count). The van der Waals surface area contributed by atoms with Crippen molar-refractivity contribution >= 4 is 23.8 Å². The van der Waals surface area contributed by atoms with Gasteiger partial charge in [0.2, 0.25) is 5.91 Å². The average molecular weight is 366 g/mol. The van der Waals surface area contributed by atoms with Gasteiger partial charge in [0, 0.05) is 12.0 Å². The summed E-state index contributed by atoms with van der Waals surface area (Å²) in [4.78, 5) is 31.5. The maximum absolute atomic E-state index is 12.4. The second-order valence-corrected chi connectivity index (χ2v) is 6.12. The molecule has 0 spiro atoms. The Morgan fingerprint density at radius 1 is 1.19 bits per heavy atom. The SMILES string of the molecule is CCOC(=O)[C@@H]1CCC(=O)N1c1ccccc1/C=N\OCc1ccccc1. The Morgan fingerprint density at radius 2 is 1.93 bits per heavy atom. The fraction of sp³-hybridized carbons (Fsp3) is 0.286. The van der Waals surface area contributed by atoms with Crippen molar-refractivity contribution in [2.24, 2.45) is 5.16 Å². The Morgan fingerprint density at radius 3 is 2.70 bits per heavy atom. The van der Waals surface area contributed by atoms with Gasteiger partial charge in [0.1, 0.15) is 12.6 Å². The number of carbonyl (C=O) groups is 2. The lowest BCUT2D eigenvalue weighted by molar-refractivity contribution is -0.144. The van der Waals surface area contributed by atoms with Gasteiger partial charge in [0.25, 0.3) is 0 Å². The van der Waals surface area contributed by atoms with Gasteiger partial charge in [-0.05, 0) is 25.0 Å². The summed E-state index contributed by atoms with van der Waals surface area (Å²) in [6.07, 6.45) is 2.33. The zero-order chi connectivity index (χ0) is 19.1. The number of hydrogen-bond donors (Lipinski definition) is 0. The first-order valence-electron chi connectivity index (χ1n) is 8.97. The first kappa shape index (κ1) is 18.6. The van der Waals surface area contributed by atoms with Crippen molar-refractivity contribution in [3.8, 4) is 0 Å². The molecule has 0 N–H and O–H groups in total. The third-order valence-electron chi connectivity index (χ3n) is 4.31. The highest BCUT2D eigenvalue weighted by molar-refractivity contribution is 6.05. The second kappa shape index (κ2) is 8.98. The van der Waals surface area contributed by atoms with Gasteiger partial charge >= 0.3 is 5.97 Å². The largest absolute Gasteiger partial charge is 0.464 e. The van der Waals surface area contributed by atoms with E-state index in [1.54, 1.807) is 19.2 Å². The number of oxime groups is 1. The predicted octanol–water partition coefficient (Wildman–Crippen LogP) is 3.30. The molecule has 0 bridgehead atoms. The van der Waals surface area contributed by atoms with Gasteiger partial charge in [0.05, 0.1) is 18.5 Å². The Kier molecular flexibility index (Phi) is 6.20. The number of rotatable bonds is 7. The van der Waals surface area contributed by atoms with Crippen LogP contribution in [-0.2, 0) is 25.8 Å². The Hall–Kier alpha value is -3.15. The molecule has 0 saturated carbocycles. The van der Waals surface area contributed by atoms with E-state index in [9.17, 15) is 9.59 Å². The van der Waals surface area contributed by atoms with Gasteiger partial charge in [-0.15, -0.1) is 0 Å². The van der Waals surface area contributed by atoms with Gasteiger partial charge in [-0.2, -0.15) is 0 Å². The van der Waals surface area contributed by atoms with E-state index in [-0.39, 0.29) is 18.5 Å². The topological polar surface area (TPSA) is 68.2 Å². The third-order valence-corrected chi connectivity index (χ3v) is 4.31. The van der Waals surface area contributed by atoms with Crippen molar-refractivity contribution < 1.29 is 19.2 Å². The van der Waals surface area contributed by atoms with Crippen molar-refractivity contribution in [3.63, 3.8) is 0 Å². The average Bonchev–Trinajstić information content (AvgIpc) is 3.08. The molecular weight excluding hydrogens is 344 g/mol. The minimum Gasteiger partial charge on any atom is -0.464 e. The van der Waals surface area contributed by atoms with E-state index in [0.29, 0.717) is 30.7 Å². The smallest absolute Gasteiger partial charge is 0.329 e. The van der Waals surface area contributed by atoms with Gasteiger partial charge < -0.3 is 9.57 Å². The lowest BCUT2D eigenvalue weighted by Gasteiger charge is -2.24. The second-order valence-electron chi connectivity index (χ2n) is 6.12. The van der Waals surface area contributed by atoms with Crippen LogP contribution in [0.1, 0.15) is 30.9 Å². The van der Waals surface area contributed by atoms with Crippen LogP contribution in [0, 0.1) is 0 Å². The maximum atomic E-state index is 12.4. The fourth-order valence-corrected chi connectivity index (χ4v) is 3.04. The summed E-state index contributed by atoms with van der Waals surface area (Å²) in [5, 5.41) is 4.02. The summed E-state index contributed by atoms with van der Waals surface area (Å²) in [7, 11) is 0. The van der Waals surface area contributed by atoms with Crippen LogP contribution in [0.4, 0.5) is 5.69 Å². The van der Waals surface area contributed by atoms with Crippen LogP contribution in [-0.4, -0.2) is 30.7 Å². The monoisotopic (exact) mass is 366 g/mol. The lowest BCUT2D eigenvalue weighted by atomic mass is 10.1. The molecule has 0 radical (unpaired) electrons. The molecule has 0 aromatic heterocycles. The van der Waals surface area contributed by atoms with Gasteiger partial charge in [-0.3, -0.25) is 9.69 Å². The normalized spacial score (nSPS) is 16.7. The summed E-state index contributed by atoms with van der Waals surface area (Å²) in [6, 6.07) is 16.4. The Bertz CT molecular complexity index is 820. The molecule has 6 nitrogen and oxygen atoms in total. The standard InChI is InChI=1S/C21H22N2O4/c1-2-26-21(25)19-12-13-20(24)23(19)18-11-7-6-10-17(18)14-22-27-15-16-8-4-3-5-9-16/h3-11,14,19H,2,12-13,15H2,1H3/b22-14-/t19-/m0/s1. The summed E-state index contributed by atoms with van der Waals surface area (Å²) in [5.41, 5.74) is 2.35. The number of ether oxygens (including phenoxy) is 1. The zero-order valence-corrected chi connectivity index (χ0v) is 15.2. The molecule has 1 heterocycles. The molecule has 2 aromatic carbocycles. The van der Waals surface area contributed by atoms with Crippen molar-refractivity contribution in [1.29, 1.82) is 0 Å². The number of amides is 1. The molecule has 1 aliphatic rings. The van der Waals surface area contributed by atoms with E-state index in [1.165, 1.54) is 4.90 Å². The molecule has 1 fully saturated rings. The summed E-state index contributed by atoms with van der Waals surface area (Å²) >= 11 is 0. The summed E-state index contributed by atoms with van der Waals surface area (Å²) in [5.74, 6) is -0.477. The number of benzene rings is 2. The molecule has 2 aromatic rings. The van der Waals surface area contributed by atoms with Crippen molar-refractivity contribution in [1.82, 2.24) is 0 Å². The number of esters is 1. The number of hydrogen-bond acceptors (Lipinski definition) is 5. The van der Waals surface area contributed by atoms with E-state index >= 15 is 0 Å². The van der Waals surface area contributed by atoms with E-state index in [0.717, 1.165) is 5.56 Å². The van der Waals surface area contributed by atoms with Crippen LogP contribution in [0.25, 0.3) is 0 Å². The molecule has 1 amide bonds. The van der Waals surface area contributed by atoms with Gasteiger partial charge in [-0.1, -0.05) is 53.7 Å². The van der Waals surface area contributed by atoms with Gasteiger partial charge in [-0.25, -0.2) is 4.79 Å². The highest BCUT2D eigenvalue weighted by Crippen LogP contribution is 2.29. The number of para-hydroxylation sites is 1. The van der Waals surface area contributed by atoms with E-state index in [4.69, 9.17) is 9.57 Å². The molecule has 1 saturated heterocycles. The minimum absolute atomic E-state index is 0.0980. The molecule has 27 heavy (non-hydrogen) atoms. The van der Waals surface area contributed by atoms with Crippen LogP contribution in [0.5, 0.6) is 0 Å². The van der Waals surface area contributed by atoms with E-state index in [2.05, 4.69) is 5.16 Å². The highest BCUT2D eigenvalue weighted by Gasteiger charge is 2.38. The maximum Gasteiger partial charge on any atom is 0.329 e. The Labute approximate surface area is 158 Å². The van der Waals surface area contributed by atoms with Crippen molar-refractivity contribution in [2.45, 2.75) is 32.4 Å². The highest BCUT2D eigenvalue weighted by atomic mass is 16.6. The molecule has 1 aliphatic heterocycles. The fourth-order valence-electron chi connectivity index (χ4n) is 3.04. The molecule has 0 unspecified atom stereocenters. The molecule has 6 heteroatoms. The summed E-state index contributed by atoms with van der Waals surface area (Å²) < 4.78 is 5.12. The Balaban J connectivity index is 1.75. The minimum atomic E-state index is -0.600. The van der Waals surface area contributed by atoms with Crippen LogP contribution in [0.3, 0.4) is 0 Å². The first-order chi connectivity index (χ1) is 13.2. The van der Waals surface area contributed by atoms with Crippen LogP contribution >= 0.6 is 0 Å². The van der Waals surface area contributed by atoms with Crippen LogP contribution in [0.15, 0.2) is 59.8 Å². The van der Waals surface area contributed by atoms with E-state index in [1.807, 2.05) is 48.5 Å². The number of nitrogens with zero attached hydrogens (tertiary/aromatic N) is 2. The molecule has 140 valence electrons. The van der Waals surface area contributed by atoms with Crippen molar-refractivity contribution in [3.05, 3.63) is 65.7 Å². The summed E-state index contributed by atoms with van der Waals surface area (Å²) in [6.45, 7) is 2.39. The van der Waals surface area contributed by atoms with Crippen molar-refractivity contribution in [2.75, 3.05) is 11.5 Å². The van der Waals surface area contributed by atoms with Gasteiger partial charge in [0.15, 0.2) is 0 Å². The van der Waals surface area contributed by atoms with Crippen LogP contribution < -0.4 is 4.90 Å². The third kappa shape index (κ3) is 4.53. The predicted molar refractivity (Wildman–Crippen MR) is 102 cm³/mol. The van der Waals surface area contributed by atoms with E-state index < -0.39 is 6.04 Å². The molecule has 1 atom stereocenters. The molecule has 0 aliphatic carbocycles. The molecular formula is C21H22N2O4. The number of carbonyl (C=O) groups excluding carboxylic acids is 2. The van der Waals surface area contributed by atoms with Crippen LogP contribution in [0.2, 0.25) is 0 Å². The quantitative estimate of drug-likeness (QED) is 0.428. The zero-order valence-electron chi connectivity index (χ0n) is 15.2. The number of anilines is 1. The lowest BCUT2D eigenvalue weighted by Crippen LogP contribution is -2.40. The first-order valence-corrected chi connectivity index (χ1v) is 8.97.